The molecular weight excluding hydrogens is 280 g/mol. The van der Waals surface area contributed by atoms with Crippen molar-refractivity contribution in [2.45, 2.75) is 19.5 Å². The van der Waals surface area contributed by atoms with Crippen LogP contribution >= 0.6 is 11.3 Å². The Kier molecular flexibility index (Phi) is 4.04. The normalized spacial score (nSPS) is 12.1. The zero-order valence-electron chi connectivity index (χ0n) is 10.7. The van der Waals surface area contributed by atoms with Crippen LogP contribution in [-0.4, -0.2) is 28.1 Å². The zero-order valence-corrected chi connectivity index (χ0v) is 11.5. The third kappa shape index (κ3) is 3.15. The number of anilines is 1. The summed E-state index contributed by atoms with van der Waals surface area (Å²) in [5.74, 6) is 0.0770. The molecule has 2 aromatic rings. The molecule has 0 aliphatic heterocycles. The number of pyridine rings is 1. The van der Waals surface area contributed by atoms with Crippen molar-refractivity contribution in [3.63, 3.8) is 0 Å². The van der Waals surface area contributed by atoms with E-state index in [1.54, 1.807) is 6.20 Å². The van der Waals surface area contributed by atoms with Gasteiger partial charge in [0.2, 0.25) is 5.91 Å². The Balaban J connectivity index is 2.01. The van der Waals surface area contributed by atoms with Gasteiger partial charge in [-0.2, -0.15) is 0 Å². The standard InChI is InChI=1S/C12H14N4O3S/c1-6(16-12(18)19)11(17)15-5-7-4-8-9(20-7)2-3-14-10(8)13/h2-4,6,16H,5H2,1H3,(H2,13,14)(H,15,17)(H,18,19)/t6-/m0/s1. The summed E-state index contributed by atoms with van der Waals surface area (Å²) >= 11 is 1.51. The molecule has 0 aliphatic carbocycles. The number of aromatic nitrogens is 1. The SMILES string of the molecule is C[C@H](NC(=O)O)C(=O)NCc1cc2c(N)nccc2s1. The molecule has 0 aromatic carbocycles. The van der Waals surface area contributed by atoms with Crippen molar-refractivity contribution in [2.24, 2.45) is 0 Å². The van der Waals surface area contributed by atoms with Crippen LogP contribution in [0.5, 0.6) is 0 Å². The number of carbonyl (C=O) groups excluding carboxylic acids is 1. The predicted octanol–water partition coefficient (Wildman–Crippen LogP) is 1.15. The number of rotatable bonds is 4. The number of nitrogen functional groups attached to an aromatic ring is 1. The predicted molar refractivity (Wildman–Crippen MR) is 76.5 cm³/mol. The number of carbonyl (C=O) groups is 2. The van der Waals surface area contributed by atoms with Crippen molar-refractivity contribution in [3.8, 4) is 0 Å². The van der Waals surface area contributed by atoms with Crippen LogP contribution in [0.2, 0.25) is 0 Å². The van der Waals surface area contributed by atoms with Gasteiger partial charge in [-0.15, -0.1) is 11.3 Å². The highest BCUT2D eigenvalue weighted by molar-refractivity contribution is 7.19. The Bertz CT molecular complexity index is 655. The Morgan fingerprint density at radius 3 is 2.95 bits per heavy atom. The van der Waals surface area contributed by atoms with E-state index in [2.05, 4.69) is 15.6 Å². The minimum absolute atomic E-state index is 0.323. The lowest BCUT2D eigenvalue weighted by Gasteiger charge is -2.10. The molecule has 0 aliphatic rings. The van der Waals surface area contributed by atoms with Gasteiger partial charge >= 0.3 is 6.09 Å². The van der Waals surface area contributed by atoms with Crippen molar-refractivity contribution in [1.82, 2.24) is 15.6 Å². The number of fused-ring (bicyclic) bond motifs is 1. The molecule has 2 heterocycles. The molecule has 0 saturated heterocycles. The second-order valence-corrected chi connectivity index (χ2v) is 5.38. The zero-order chi connectivity index (χ0) is 14.7. The van der Waals surface area contributed by atoms with E-state index in [0.29, 0.717) is 12.4 Å². The molecule has 0 saturated carbocycles. The smallest absolute Gasteiger partial charge is 0.405 e. The van der Waals surface area contributed by atoms with Crippen LogP contribution in [0.3, 0.4) is 0 Å². The van der Waals surface area contributed by atoms with E-state index in [9.17, 15) is 9.59 Å². The summed E-state index contributed by atoms with van der Waals surface area (Å²) in [7, 11) is 0. The molecule has 0 bridgehead atoms. The molecule has 2 amide bonds. The van der Waals surface area contributed by atoms with Crippen LogP contribution in [-0.2, 0) is 11.3 Å². The first-order chi connectivity index (χ1) is 9.47. The highest BCUT2D eigenvalue weighted by Gasteiger charge is 2.14. The van der Waals surface area contributed by atoms with Gasteiger partial charge in [0, 0.05) is 21.2 Å². The fourth-order valence-corrected chi connectivity index (χ4v) is 2.71. The van der Waals surface area contributed by atoms with Gasteiger partial charge in [0.25, 0.3) is 0 Å². The molecule has 8 heteroatoms. The molecule has 7 nitrogen and oxygen atoms in total. The topological polar surface area (TPSA) is 117 Å². The number of nitrogens with two attached hydrogens (primary N) is 1. The largest absolute Gasteiger partial charge is 0.465 e. The summed E-state index contributed by atoms with van der Waals surface area (Å²) in [4.78, 5) is 27.0. The highest BCUT2D eigenvalue weighted by Crippen LogP contribution is 2.28. The van der Waals surface area contributed by atoms with Gasteiger partial charge in [0.05, 0.1) is 6.54 Å². The lowest BCUT2D eigenvalue weighted by atomic mass is 10.3. The fourth-order valence-electron chi connectivity index (χ4n) is 1.70. The first-order valence-corrected chi connectivity index (χ1v) is 6.69. The Labute approximate surface area is 118 Å². The van der Waals surface area contributed by atoms with Crippen LogP contribution < -0.4 is 16.4 Å². The minimum atomic E-state index is -1.23. The molecule has 0 radical (unpaired) electrons. The number of amides is 2. The molecule has 2 rings (SSSR count). The summed E-state index contributed by atoms with van der Waals surface area (Å²) in [5, 5.41) is 14.2. The monoisotopic (exact) mass is 294 g/mol. The van der Waals surface area contributed by atoms with Gasteiger partial charge in [-0.25, -0.2) is 9.78 Å². The highest BCUT2D eigenvalue weighted by atomic mass is 32.1. The average Bonchev–Trinajstić information content (AvgIpc) is 2.79. The molecule has 2 aromatic heterocycles. The van der Waals surface area contributed by atoms with Crippen LogP contribution in [0.4, 0.5) is 10.6 Å². The molecule has 0 fully saturated rings. The van der Waals surface area contributed by atoms with E-state index in [-0.39, 0.29) is 5.91 Å². The fraction of sp³-hybridized carbons (Fsp3) is 0.250. The third-order valence-corrected chi connectivity index (χ3v) is 3.80. The van der Waals surface area contributed by atoms with E-state index in [4.69, 9.17) is 10.8 Å². The number of carboxylic acid groups (broad SMARTS) is 1. The Morgan fingerprint density at radius 1 is 1.55 bits per heavy atom. The molecule has 0 spiro atoms. The molecule has 5 N–H and O–H groups in total. The van der Waals surface area contributed by atoms with Crippen molar-refractivity contribution in [2.75, 3.05) is 5.73 Å². The first-order valence-electron chi connectivity index (χ1n) is 5.87. The maximum Gasteiger partial charge on any atom is 0.405 e. The first kappa shape index (κ1) is 14.1. The van der Waals surface area contributed by atoms with Gasteiger partial charge in [0.1, 0.15) is 11.9 Å². The third-order valence-electron chi connectivity index (χ3n) is 2.70. The molecule has 1 atom stereocenters. The quantitative estimate of drug-likeness (QED) is 0.674. The van der Waals surface area contributed by atoms with E-state index in [0.717, 1.165) is 15.0 Å². The van der Waals surface area contributed by atoms with Crippen molar-refractivity contribution in [3.05, 3.63) is 23.2 Å². The van der Waals surface area contributed by atoms with E-state index in [1.165, 1.54) is 18.3 Å². The van der Waals surface area contributed by atoms with Gasteiger partial charge in [-0.05, 0) is 19.1 Å². The van der Waals surface area contributed by atoms with E-state index < -0.39 is 12.1 Å². The summed E-state index contributed by atoms with van der Waals surface area (Å²) in [6.07, 6.45) is 0.406. The number of nitrogens with one attached hydrogen (secondary N) is 2. The molecule has 0 unspecified atom stereocenters. The summed E-state index contributed by atoms with van der Waals surface area (Å²) in [6.45, 7) is 1.81. The van der Waals surface area contributed by atoms with Gasteiger partial charge in [-0.1, -0.05) is 0 Å². The van der Waals surface area contributed by atoms with Crippen molar-refractivity contribution < 1.29 is 14.7 Å². The van der Waals surface area contributed by atoms with Gasteiger partial charge < -0.3 is 21.5 Å². The van der Waals surface area contributed by atoms with Crippen LogP contribution in [0.15, 0.2) is 18.3 Å². The van der Waals surface area contributed by atoms with Crippen LogP contribution in [0.25, 0.3) is 10.1 Å². The molecule has 20 heavy (non-hydrogen) atoms. The van der Waals surface area contributed by atoms with Gasteiger partial charge in [-0.3, -0.25) is 4.79 Å². The van der Waals surface area contributed by atoms with Crippen molar-refractivity contribution >= 4 is 39.2 Å². The number of hydrogen-bond acceptors (Lipinski definition) is 5. The van der Waals surface area contributed by atoms with Gasteiger partial charge in [0.15, 0.2) is 0 Å². The maximum absolute atomic E-state index is 11.7. The second kappa shape index (κ2) is 5.74. The lowest BCUT2D eigenvalue weighted by molar-refractivity contribution is -0.122. The summed E-state index contributed by atoms with van der Waals surface area (Å²) < 4.78 is 0.999. The second-order valence-electron chi connectivity index (χ2n) is 4.21. The van der Waals surface area contributed by atoms with Crippen LogP contribution in [0.1, 0.15) is 11.8 Å². The molecular formula is C12H14N4O3S. The number of thiophene rings is 1. The number of hydrogen-bond donors (Lipinski definition) is 4. The summed E-state index contributed by atoms with van der Waals surface area (Å²) in [6, 6.07) is 2.93. The minimum Gasteiger partial charge on any atom is -0.465 e. The van der Waals surface area contributed by atoms with Crippen LogP contribution in [0, 0.1) is 0 Å². The van der Waals surface area contributed by atoms with Crippen molar-refractivity contribution in [1.29, 1.82) is 0 Å². The number of nitrogens with zero attached hydrogens (tertiary/aromatic N) is 1. The van der Waals surface area contributed by atoms with E-state index in [1.807, 2.05) is 12.1 Å². The maximum atomic E-state index is 11.7. The molecule has 106 valence electrons. The average molecular weight is 294 g/mol. The summed E-state index contributed by atoms with van der Waals surface area (Å²) in [5.41, 5.74) is 5.76. The Morgan fingerprint density at radius 2 is 2.30 bits per heavy atom. The Hall–Kier alpha value is -2.35. The lowest BCUT2D eigenvalue weighted by Crippen LogP contribution is -2.43. The van der Waals surface area contributed by atoms with E-state index >= 15 is 0 Å².